The molecule has 1 aromatic heterocycles. The number of hydrazone groups is 1. The summed E-state index contributed by atoms with van der Waals surface area (Å²) < 4.78 is 66.6. The van der Waals surface area contributed by atoms with Crippen LogP contribution in [0.15, 0.2) is 63.0 Å². The number of benzene rings is 2. The molecule has 0 saturated heterocycles. The van der Waals surface area contributed by atoms with Crippen molar-refractivity contribution < 1.29 is 21.6 Å². The Kier molecular flexibility index (Phi) is 6.54. The molecule has 0 aliphatic heterocycles. The number of nitrogens with zero attached hydrogens (tertiary/aromatic N) is 2. The zero-order valence-electron chi connectivity index (χ0n) is 16.2. The van der Waals surface area contributed by atoms with E-state index in [1.54, 1.807) is 36.6 Å². The third kappa shape index (κ3) is 5.13. The normalized spacial score (nSPS) is 12.5. The summed E-state index contributed by atoms with van der Waals surface area (Å²) in [6.45, 7) is 3.41. The van der Waals surface area contributed by atoms with Crippen LogP contribution in [-0.2, 0) is 16.2 Å². The number of aryl methyl sites for hydroxylation is 1. The highest BCUT2D eigenvalue weighted by molar-refractivity contribution is 9.10. The van der Waals surface area contributed by atoms with Crippen LogP contribution in [0.1, 0.15) is 22.5 Å². The molecule has 3 rings (SSSR count). The summed E-state index contributed by atoms with van der Waals surface area (Å²) in [5.74, 6) is 0. The van der Waals surface area contributed by atoms with E-state index in [0.717, 1.165) is 10.5 Å². The minimum atomic E-state index is -4.59. The van der Waals surface area contributed by atoms with Gasteiger partial charge >= 0.3 is 6.18 Å². The minimum Gasteiger partial charge on any atom is -0.318 e. The molecule has 11 heteroatoms. The van der Waals surface area contributed by atoms with E-state index in [0.29, 0.717) is 17.0 Å². The number of hydrogen-bond donors (Lipinski definition) is 1. The lowest BCUT2D eigenvalue weighted by Crippen LogP contribution is -2.18. The van der Waals surface area contributed by atoms with Crippen LogP contribution < -0.4 is 4.83 Å². The predicted octanol–water partition coefficient (Wildman–Crippen LogP) is 5.84. The van der Waals surface area contributed by atoms with Gasteiger partial charge in [0.2, 0.25) is 0 Å². The molecule has 0 aliphatic rings. The van der Waals surface area contributed by atoms with Gasteiger partial charge in [-0.3, -0.25) is 0 Å². The van der Waals surface area contributed by atoms with Gasteiger partial charge < -0.3 is 4.57 Å². The first-order chi connectivity index (χ1) is 14.4. The van der Waals surface area contributed by atoms with Crippen LogP contribution in [-0.4, -0.2) is 19.2 Å². The van der Waals surface area contributed by atoms with Gasteiger partial charge in [0, 0.05) is 27.1 Å². The van der Waals surface area contributed by atoms with Gasteiger partial charge in [0.05, 0.1) is 21.7 Å². The summed E-state index contributed by atoms with van der Waals surface area (Å²) in [4.78, 5) is 2.17. The Labute approximate surface area is 190 Å². The van der Waals surface area contributed by atoms with Gasteiger partial charge in [-0.25, -0.2) is 4.83 Å². The number of sulfonamides is 1. The number of alkyl halides is 3. The Balaban J connectivity index is 1.89. The van der Waals surface area contributed by atoms with Gasteiger partial charge in [-0.05, 0) is 62.4 Å². The van der Waals surface area contributed by atoms with Crippen molar-refractivity contribution in [3.63, 3.8) is 0 Å². The standard InChI is InChI=1S/C20H16BrClF3N3O2S/c1-12-9-14(11-26-27-31(29,30)17-6-3-15(21)4-7-17)13(2)28(12)16-5-8-19(22)18(10-16)20(23,24)25/h3-11,27H,1-2H3/b26-11-. The molecule has 0 radical (unpaired) electrons. The molecule has 0 fully saturated rings. The smallest absolute Gasteiger partial charge is 0.318 e. The summed E-state index contributed by atoms with van der Waals surface area (Å²) in [6.07, 6.45) is -3.28. The summed E-state index contributed by atoms with van der Waals surface area (Å²) in [7, 11) is -3.86. The molecule has 0 bridgehead atoms. The number of rotatable bonds is 5. The molecule has 0 aliphatic carbocycles. The quantitative estimate of drug-likeness (QED) is 0.330. The number of nitrogens with one attached hydrogen (secondary N) is 1. The summed E-state index contributed by atoms with van der Waals surface area (Å²) in [5, 5.41) is 3.42. The molecule has 0 saturated carbocycles. The van der Waals surface area contributed by atoms with Crippen LogP contribution in [0.25, 0.3) is 5.69 Å². The molecule has 3 aromatic rings. The Morgan fingerprint density at radius 3 is 2.35 bits per heavy atom. The Morgan fingerprint density at radius 1 is 1.10 bits per heavy atom. The number of halogens is 5. The second-order valence-corrected chi connectivity index (χ2v) is 9.61. The Hall–Kier alpha value is -2.30. The largest absolute Gasteiger partial charge is 0.417 e. The lowest BCUT2D eigenvalue weighted by Gasteiger charge is -2.14. The fourth-order valence-corrected chi connectivity index (χ4v) is 4.30. The van der Waals surface area contributed by atoms with Crippen LogP contribution in [0.3, 0.4) is 0 Å². The van der Waals surface area contributed by atoms with Gasteiger partial charge in [-0.2, -0.15) is 26.7 Å². The SMILES string of the molecule is Cc1cc(/C=N\NS(=O)(=O)c2ccc(Br)cc2)c(C)n1-c1ccc(Cl)c(C(F)(F)F)c1. The molecule has 31 heavy (non-hydrogen) atoms. The van der Waals surface area contributed by atoms with Gasteiger partial charge in [-0.1, -0.05) is 27.5 Å². The molecule has 5 nitrogen and oxygen atoms in total. The van der Waals surface area contributed by atoms with Gasteiger partial charge in [-0.15, -0.1) is 0 Å². The molecule has 0 spiro atoms. The molecule has 2 aromatic carbocycles. The van der Waals surface area contributed by atoms with Gasteiger partial charge in [0.15, 0.2) is 0 Å². The highest BCUT2D eigenvalue weighted by Gasteiger charge is 2.33. The van der Waals surface area contributed by atoms with Crippen LogP contribution in [0, 0.1) is 13.8 Å². The van der Waals surface area contributed by atoms with E-state index in [2.05, 4.69) is 25.9 Å². The third-order valence-corrected chi connectivity index (χ3v) is 6.58. The van der Waals surface area contributed by atoms with Crippen molar-refractivity contribution in [2.45, 2.75) is 24.9 Å². The maximum Gasteiger partial charge on any atom is 0.417 e. The highest BCUT2D eigenvalue weighted by atomic mass is 79.9. The first-order valence-electron chi connectivity index (χ1n) is 8.76. The van der Waals surface area contributed by atoms with Crippen LogP contribution in [0.4, 0.5) is 13.2 Å². The zero-order valence-corrected chi connectivity index (χ0v) is 19.4. The summed E-state index contributed by atoms with van der Waals surface area (Å²) in [6, 6.07) is 11.4. The minimum absolute atomic E-state index is 0.0409. The fourth-order valence-electron chi connectivity index (χ4n) is 3.02. The van der Waals surface area contributed by atoms with Crippen molar-refractivity contribution in [2.24, 2.45) is 5.10 Å². The fraction of sp³-hybridized carbons (Fsp3) is 0.150. The van der Waals surface area contributed by atoms with Crippen molar-refractivity contribution >= 4 is 43.8 Å². The average molecular weight is 535 g/mol. The molecule has 1 heterocycles. The first kappa shape index (κ1) is 23.4. The first-order valence-corrected chi connectivity index (χ1v) is 11.4. The average Bonchev–Trinajstić information content (AvgIpc) is 2.95. The van der Waals surface area contributed by atoms with Gasteiger partial charge in [0.1, 0.15) is 0 Å². The van der Waals surface area contributed by atoms with Crippen molar-refractivity contribution in [1.29, 1.82) is 0 Å². The second kappa shape index (κ2) is 8.68. The predicted molar refractivity (Wildman–Crippen MR) is 117 cm³/mol. The van der Waals surface area contributed by atoms with E-state index in [9.17, 15) is 21.6 Å². The van der Waals surface area contributed by atoms with Crippen LogP contribution in [0.2, 0.25) is 5.02 Å². The second-order valence-electron chi connectivity index (χ2n) is 6.63. The Morgan fingerprint density at radius 2 is 1.74 bits per heavy atom. The molecule has 0 unspecified atom stereocenters. The maximum atomic E-state index is 13.2. The van der Waals surface area contributed by atoms with Crippen molar-refractivity contribution in [2.75, 3.05) is 0 Å². The van der Waals surface area contributed by atoms with Crippen LogP contribution >= 0.6 is 27.5 Å². The molecule has 164 valence electrons. The summed E-state index contributed by atoms with van der Waals surface area (Å²) in [5.41, 5.74) is 1.11. The van der Waals surface area contributed by atoms with E-state index in [1.165, 1.54) is 30.5 Å². The van der Waals surface area contributed by atoms with Gasteiger partial charge in [0.25, 0.3) is 10.0 Å². The molecule has 0 amide bonds. The monoisotopic (exact) mass is 533 g/mol. The number of aromatic nitrogens is 1. The van der Waals surface area contributed by atoms with E-state index >= 15 is 0 Å². The lowest BCUT2D eigenvalue weighted by atomic mass is 10.2. The molecular weight excluding hydrogens is 519 g/mol. The molecular formula is C20H16BrClF3N3O2S. The van der Waals surface area contributed by atoms with Crippen LogP contribution in [0.5, 0.6) is 0 Å². The van der Waals surface area contributed by atoms with E-state index < -0.39 is 21.8 Å². The lowest BCUT2D eigenvalue weighted by molar-refractivity contribution is -0.137. The molecule has 0 atom stereocenters. The highest BCUT2D eigenvalue weighted by Crippen LogP contribution is 2.36. The zero-order chi connectivity index (χ0) is 23.0. The number of hydrogen-bond acceptors (Lipinski definition) is 3. The third-order valence-electron chi connectivity index (χ3n) is 4.48. The topological polar surface area (TPSA) is 63.5 Å². The maximum absolute atomic E-state index is 13.2. The van der Waals surface area contributed by atoms with Crippen molar-refractivity contribution in [3.05, 3.63) is 80.5 Å². The summed E-state index contributed by atoms with van der Waals surface area (Å²) >= 11 is 8.94. The van der Waals surface area contributed by atoms with E-state index in [4.69, 9.17) is 11.6 Å². The molecule has 1 N–H and O–H groups in total. The van der Waals surface area contributed by atoms with E-state index in [-0.39, 0.29) is 15.6 Å². The van der Waals surface area contributed by atoms with Crippen molar-refractivity contribution in [3.8, 4) is 5.69 Å². The van der Waals surface area contributed by atoms with Crippen molar-refractivity contribution in [1.82, 2.24) is 9.40 Å². The Bertz CT molecular complexity index is 1250. The van der Waals surface area contributed by atoms with E-state index in [1.807, 2.05) is 0 Å².